The maximum atomic E-state index is 12.6. The fourth-order valence-corrected chi connectivity index (χ4v) is 2.54. The van der Waals surface area contributed by atoms with Gasteiger partial charge in [-0.25, -0.2) is 0 Å². The van der Waals surface area contributed by atoms with Crippen LogP contribution in [0.4, 0.5) is 5.69 Å². The van der Waals surface area contributed by atoms with Gasteiger partial charge in [0.05, 0.1) is 5.69 Å². The van der Waals surface area contributed by atoms with Crippen molar-refractivity contribution in [1.29, 1.82) is 0 Å². The summed E-state index contributed by atoms with van der Waals surface area (Å²) >= 11 is 0. The largest absolute Gasteiger partial charge is 0.344 e. The highest BCUT2D eigenvalue weighted by atomic mass is 16.2. The van der Waals surface area contributed by atoms with Crippen molar-refractivity contribution in [3.63, 3.8) is 0 Å². The Morgan fingerprint density at radius 1 is 1.16 bits per heavy atom. The number of amides is 2. The Bertz CT molecular complexity index is 708. The van der Waals surface area contributed by atoms with Gasteiger partial charge in [-0.3, -0.25) is 14.7 Å². The molecule has 2 aromatic rings. The van der Waals surface area contributed by atoms with Gasteiger partial charge in [0.2, 0.25) is 11.8 Å². The molecule has 0 saturated carbocycles. The van der Waals surface area contributed by atoms with E-state index < -0.39 is 6.04 Å². The predicted molar refractivity (Wildman–Crippen MR) is 98.9 cm³/mol. The molecular weight excluding hydrogens is 316 g/mol. The van der Waals surface area contributed by atoms with Gasteiger partial charge in [-0.1, -0.05) is 39.8 Å². The average Bonchev–Trinajstić information content (AvgIpc) is 3.06. The monoisotopic (exact) mass is 342 g/mol. The number of anilines is 1. The number of nitrogens with one attached hydrogen (secondary N) is 3. The lowest BCUT2D eigenvalue weighted by atomic mass is 10.0. The number of nitrogens with zero attached hydrogens (tertiary/aromatic N) is 1. The van der Waals surface area contributed by atoms with Gasteiger partial charge < -0.3 is 10.6 Å². The fraction of sp³-hybridized carbons (Fsp3) is 0.421. The van der Waals surface area contributed by atoms with Crippen molar-refractivity contribution in [2.75, 3.05) is 5.32 Å². The van der Waals surface area contributed by atoms with Crippen molar-refractivity contribution < 1.29 is 9.59 Å². The highest BCUT2D eigenvalue weighted by molar-refractivity contribution is 5.97. The number of aromatic nitrogens is 2. The van der Waals surface area contributed by atoms with Gasteiger partial charge in [-0.2, -0.15) is 5.10 Å². The second-order valence-corrected chi connectivity index (χ2v) is 6.93. The Morgan fingerprint density at radius 2 is 1.92 bits per heavy atom. The second kappa shape index (κ2) is 8.46. The number of hydrogen-bond donors (Lipinski definition) is 3. The van der Waals surface area contributed by atoms with E-state index >= 15 is 0 Å². The van der Waals surface area contributed by atoms with Gasteiger partial charge in [-0.05, 0) is 30.0 Å². The Labute approximate surface area is 148 Å². The Hall–Kier alpha value is -2.63. The molecule has 0 radical (unpaired) electrons. The van der Waals surface area contributed by atoms with Crippen molar-refractivity contribution in [2.24, 2.45) is 11.8 Å². The quantitative estimate of drug-likeness (QED) is 0.722. The first kappa shape index (κ1) is 18.7. The van der Waals surface area contributed by atoms with E-state index in [1.54, 1.807) is 6.20 Å². The van der Waals surface area contributed by atoms with Gasteiger partial charge in [0.25, 0.3) is 0 Å². The minimum absolute atomic E-state index is 0.00750. The van der Waals surface area contributed by atoms with Crippen LogP contribution >= 0.6 is 0 Å². The molecule has 1 aromatic carbocycles. The van der Waals surface area contributed by atoms with Gasteiger partial charge in [0.15, 0.2) is 0 Å². The molecule has 0 aliphatic rings. The molecule has 0 fully saturated rings. The zero-order valence-corrected chi connectivity index (χ0v) is 15.2. The Balaban J connectivity index is 2.08. The molecule has 1 aromatic heterocycles. The maximum Gasteiger partial charge on any atom is 0.247 e. The van der Waals surface area contributed by atoms with Crippen LogP contribution in [0.15, 0.2) is 36.5 Å². The summed E-state index contributed by atoms with van der Waals surface area (Å²) in [6, 6.07) is 8.80. The summed E-state index contributed by atoms with van der Waals surface area (Å²) in [5, 5.41) is 12.6. The first-order valence-corrected chi connectivity index (χ1v) is 8.57. The van der Waals surface area contributed by atoms with Crippen molar-refractivity contribution in [3.8, 4) is 11.3 Å². The summed E-state index contributed by atoms with van der Waals surface area (Å²) in [5.74, 6) is -0.0715. The summed E-state index contributed by atoms with van der Waals surface area (Å²) in [4.78, 5) is 24.7. The van der Waals surface area contributed by atoms with Crippen LogP contribution < -0.4 is 10.6 Å². The van der Waals surface area contributed by atoms with E-state index in [2.05, 4.69) is 20.8 Å². The molecule has 2 rings (SSSR count). The standard InChI is InChI=1S/C19H26N4O2/c1-12(2)10-17(24)22-18(13(3)4)19(25)21-15-7-5-6-14(11-15)16-8-9-20-23-16/h5-9,11-13,18H,10H2,1-4H3,(H,20,23)(H,21,25)(H,22,24). The zero-order valence-electron chi connectivity index (χ0n) is 15.2. The van der Waals surface area contributed by atoms with Crippen LogP contribution in [0.25, 0.3) is 11.3 Å². The molecule has 0 aliphatic heterocycles. The summed E-state index contributed by atoms with van der Waals surface area (Å²) < 4.78 is 0. The molecule has 3 N–H and O–H groups in total. The van der Waals surface area contributed by atoms with E-state index in [1.165, 1.54) is 0 Å². The van der Waals surface area contributed by atoms with Crippen LogP contribution in [-0.2, 0) is 9.59 Å². The van der Waals surface area contributed by atoms with Crippen LogP contribution in [0.5, 0.6) is 0 Å². The maximum absolute atomic E-state index is 12.6. The van der Waals surface area contributed by atoms with Gasteiger partial charge in [-0.15, -0.1) is 0 Å². The van der Waals surface area contributed by atoms with Gasteiger partial charge >= 0.3 is 0 Å². The van der Waals surface area contributed by atoms with Crippen LogP contribution in [0, 0.1) is 11.8 Å². The highest BCUT2D eigenvalue weighted by Gasteiger charge is 2.24. The smallest absolute Gasteiger partial charge is 0.247 e. The lowest BCUT2D eigenvalue weighted by molar-refractivity contribution is -0.127. The summed E-state index contributed by atoms with van der Waals surface area (Å²) in [6.45, 7) is 7.79. The third-order valence-corrected chi connectivity index (χ3v) is 3.80. The van der Waals surface area contributed by atoms with Crippen LogP contribution in [0.1, 0.15) is 34.1 Å². The molecule has 6 heteroatoms. The molecule has 1 unspecified atom stereocenters. The SMILES string of the molecule is CC(C)CC(=O)NC(C(=O)Nc1cccc(-c2ccn[nH]2)c1)C(C)C. The molecule has 0 spiro atoms. The summed E-state index contributed by atoms with van der Waals surface area (Å²) in [5.41, 5.74) is 2.49. The van der Waals surface area contributed by atoms with E-state index in [9.17, 15) is 9.59 Å². The van der Waals surface area contributed by atoms with Crippen molar-refractivity contribution in [2.45, 2.75) is 40.2 Å². The third kappa shape index (κ3) is 5.45. The first-order valence-electron chi connectivity index (χ1n) is 8.57. The van der Waals surface area contributed by atoms with Crippen LogP contribution in [-0.4, -0.2) is 28.1 Å². The molecular formula is C19H26N4O2. The average molecular weight is 342 g/mol. The van der Waals surface area contributed by atoms with Gasteiger partial charge in [0.1, 0.15) is 6.04 Å². The summed E-state index contributed by atoms with van der Waals surface area (Å²) in [6.07, 6.45) is 2.09. The number of carbonyl (C=O) groups is 2. The van der Waals surface area contributed by atoms with Crippen molar-refractivity contribution in [3.05, 3.63) is 36.5 Å². The third-order valence-electron chi connectivity index (χ3n) is 3.80. The number of rotatable bonds is 7. The van der Waals surface area contributed by atoms with Gasteiger partial charge in [0, 0.05) is 23.9 Å². The number of carbonyl (C=O) groups excluding carboxylic acids is 2. The molecule has 134 valence electrons. The Kier molecular flexibility index (Phi) is 6.33. The molecule has 1 atom stereocenters. The zero-order chi connectivity index (χ0) is 18.4. The van der Waals surface area contributed by atoms with Crippen molar-refractivity contribution >= 4 is 17.5 Å². The van der Waals surface area contributed by atoms with Crippen LogP contribution in [0.3, 0.4) is 0 Å². The summed E-state index contributed by atoms with van der Waals surface area (Å²) in [7, 11) is 0. The second-order valence-electron chi connectivity index (χ2n) is 6.93. The van der Waals surface area contributed by atoms with E-state index in [0.29, 0.717) is 12.1 Å². The predicted octanol–water partition coefficient (Wildman–Crippen LogP) is 3.20. The molecule has 0 saturated heterocycles. The number of hydrogen-bond acceptors (Lipinski definition) is 3. The molecule has 2 amide bonds. The minimum atomic E-state index is -0.568. The number of aromatic amines is 1. The minimum Gasteiger partial charge on any atom is -0.344 e. The molecule has 0 aliphatic carbocycles. The number of benzene rings is 1. The van der Waals surface area contributed by atoms with E-state index in [-0.39, 0.29) is 23.7 Å². The van der Waals surface area contributed by atoms with E-state index in [0.717, 1.165) is 11.3 Å². The van der Waals surface area contributed by atoms with Crippen molar-refractivity contribution in [1.82, 2.24) is 15.5 Å². The Morgan fingerprint density at radius 3 is 2.52 bits per heavy atom. The fourth-order valence-electron chi connectivity index (χ4n) is 2.54. The van der Waals surface area contributed by atoms with Crippen LogP contribution in [0.2, 0.25) is 0 Å². The lowest BCUT2D eigenvalue weighted by Gasteiger charge is -2.22. The van der Waals surface area contributed by atoms with E-state index in [4.69, 9.17) is 0 Å². The molecule has 0 bridgehead atoms. The first-order chi connectivity index (χ1) is 11.9. The topological polar surface area (TPSA) is 86.9 Å². The molecule has 1 heterocycles. The lowest BCUT2D eigenvalue weighted by Crippen LogP contribution is -2.47. The van der Waals surface area contributed by atoms with E-state index in [1.807, 2.05) is 58.0 Å². The molecule has 6 nitrogen and oxygen atoms in total. The molecule has 25 heavy (non-hydrogen) atoms. The normalized spacial score (nSPS) is 12.2. The highest BCUT2D eigenvalue weighted by Crippen LogP contribution is 2.20. The number of H-pyrrole nitrogens is 1.